The number of aromatic nitrogens is 2. The molecule has 1 heterocycles. The Morgan fingerprint density at radius 1 is 1.35 bits per heavy atom. The molecule has 1 aromatic heterocycles. The zero-order valence-corrected chi connectivity index (χ0v) is 10.1. The fourth-order valence-corrected chi connectivity index (χ4v) is 2.11. The molecule has 1 N–H and O–H groups in total. The molecule has 0 bridgehead atoms. The lowest BCUT2D eigenvalue weighted by Crippen LogP contribution is -2.12. The van der Waals surface area contributed by atoms with Gasteiger partial charge >= 0.3 is 6.18 Å². The van der Waals surface area contributed by atoms with Crippen molar-refractivity contribution >= 4 is 34.9 Å². The number of nitrogens with one attached hydrogen (secondary N) is 1. The molecule has 0 spiro atoms. The Bertz CT molecular complexity index is 600. The molecule has 17 heavy (non-hydrogen) atoms. The van der Waals surface area contributed by atoms with E-state index in [-0.39, 0.29) is 11.3 Å². The van der Waals surface area contributed by atoms with Crippen LogP contribution in [0.25, 0.3) is 11.0 Å². The quantitative estimate of drug-likeness (QED) is 0.813. The SMILES string of the molecule is FC(F)(F)CCn1c(=S)[nH]c2c(Cl)cccc21. The number of hydrogen-bond donors (Lipinski definition) is 1. The molecule has 0 aliphatic rings. The minimum atomic E-state index is -4.20. The number of aromatic amines is 1. The number of fused-ring (bicyclic) bond motifs is 1. The Hall–Kier alpha value is -1.01. The zero-order chi connectivity index (χ0) is 12.6. The summed E-state index contributed by atoms with van der Waals surface area (Å²) in [6.45, 7) is -0.206. The molecule has 0 unspecified atom stereocenters. The van der Waals surface area contributed by atoms with Gasteiger partial charge in [0.2, 0.25) is 0 Å². The zero-order valence-electron chi connectivity index (χ0n) is 8.51. The van der Waals surface area contributed by atoms with E-state index >= 15 is 0 Å². The molecule has 2 nitrogen and oxygen atoms in total. The van der Waals surface area contributed by atoms with Crippen LogP contribution in [0.15, 0.2) is 18.2 Å². The molecule has 0 fully saturated rings. The van der Waals surface area contributed by atoms with E-state index in [9.17, 15) is 13.2 Å². The van der Waals surface area contributed by atoms with Gasteiger partial charge in [-0.15, -0.1) is 0 Å². The summed E-state index contributed by atoms with van der Waals surface area (Å²) in [7, 11) is 0. The molecule has 0 aliphatic carbocycles. The van der Waals surface area contributed by atoms with E-state index in [4.69, 9.17) is 23.8 Å². The fourth-order valence-electron chi connectivity index (χ4n) is 1.61. The average Bonchev–Trinajstić information content (AvgIpc) is 2.52. The molecule has 0 saturated heterocycles. The molecule has 2 rings (SSSR count). The second-order valence-electron chi connectivity index (χ2n) is 3.58. The normalized spacial score (nSPS) is 12.2. The summed E-state index contributed by atoms with van der Waals surface area (Å²) in [4.78, 5) is 2.81. The van der Waals surface area contributed by atoms with Crippen LogP contribution in [-0.4, -0.2) is 15.7 Å². The van der Waals surface area contributed by atoms with Gasteiger partial charge < -0.3 is 9.55 Å². The number of halogens is 4. The standard InChI is InChI=1S/C10H8ClF3N2S/c11-6-2-1-3-7-8(6)15-9(17)16(7)5-4-10(12,13)14/h1-3H,4-5H2,(H,15,17). The average molecular weight is 281 g/mol. The topological polar surface area (TPSA) is 20.7 Å². The third-order valence-corrected chi connectivity index (χ3v) is 3.02. The summed E-state index contributed by atoms with van der Waals surface area (Å²) in [5.74, 6) is 0. The van der Waals surface area contributed by atoms with Crippen molar-refractivity contribution in [2.75, 3.05) is 0 Å². The molecule has 1 aromatic carbocycles. The Morgan fingerprint density at radius 3 is 2.71 bits per heavy atom. The monoisotopic (exact) mass is 280 g/mol. The largest absolute Gasteiger partial charge is 0.390 e. The first kappa shape index (κ1) is 12.4. The van der Waals surface area contributed by atoms with Crippen LogP contribution < -0.4 is 0 Å². The van der Waals surface area contributed by atoms with E-state index in [1.165, 1.54) is 4.57 Å². The van der Waals surface area contributed by atoms with Crippen LogP contribution in [0.5, 0.6) is 0 Å². The minimum absolute atomic E-state index is 0.206. The maximum atomic E-state index is 12.2. The van der Waals surface area contributed by atoms with E-state index in [0.717, 1.165) is 0 Å². The van der Waals surface area contributed by atoms with Crippen molar-refractivity contribution in [2.45, 2.75) is 19.1 Å². The summed E-state index contributed by atoms with van der Waals surface area (Å²) in [6, 6.07) is 5.02. The molecule has 92 valence electrons. The van der Waals surface area contributed by atoms with Gasteiger partial charge in [0.05, 0.1) is 22.5 Å². The van der Waals surface area contributed by atoms with Crippen LogP contribution in [0.4, 0.5) is 13.2 Å². The predicted molar refractivity (Wildman–Crippen MR) is 62.8 cm³/mol. The first-order valence-electron chi connectivity index (χ1n) is 4.82. The van der Waals surface area contributed by atoms with Gasteiger partial charge in [0.1, 0.15) is 0 Å². The van der Waals surface area contributed by atoms with E-state index in [2.05, 4.69) is 4.98 Å². The number of H-pyrrole nitrogens is 1. The van der Waals surface area contributed by atoms with Gasteiger partial charge in [-0.05, 0) is 24.4 Å². The summed E-state index contributed by atoms with van der Waals surface area (Å²) < 4.78 is 38.2. The maximum Gasteiger partial charge on any atom is 0.390 e. The lowest BCUT2D eigenvalue weighted by molar-refractivity contribution is -0.136. The Kier molecular flexibility index (Phi) is 3.18. The van der Waals surface area contributed by atoms with Crippen LogP contribution >= 0.6 is 23.8 Å². The molecule has 0 atom stereocenters. The van der Waals surface area contributed by atoms with Crippen LogP contribution in [0, 0.1) is 4.77 Å². The smallest absolute Gasteiger partial charge is 0.329 e. The summed E-state index contributed by atoms with van der Waals surface area (Å²) in [5, 5.41) is 0.444. The van der Waals surface area contributed by atoms with Gasteiger partial charge in [-0.2, -0.15) is 13.2 Å². The molecular weight excluding hydrogens is 273 g/mol. The number of imidazole rings is 1. The van der Waals surface area contributed by atoms with E-state index in [1.807, 2.05) is 0 Å². The van der Waals surface area contributed by atoms with Crippen molar-refractivity contribution in [3.63, 3.8) is 0 Å². The predicted octanol–water partition coefficient (Wildman–Crippen LogP) is 4.30. The number of rotatable bonds is 2. The molecule has 0 amide bonds. The molecule has 7 heteroatoms. The van der Waals surface area contributed by atoms with Gasteiger partial charge in [-0.25, -0.2) is 0 Å². The lowest BCUT2D eigenvalue weighted by atomic mass is 10.3. The fraction of sp³-hybridized carbons (Fsp3) is 0.300. The van der Waals surface area contributed by atoms with Crippen molar-refractivity contribution in [2.24, 2.45) is 0 Å². The van der Waals surface area contributed by atoms with Crippen molar-refractivity contribution in [1.82, 2.24) is 9.55 Å². The van der Waals surface area contributed by atoms with E-state index < -0.39 is 12.6 Å². The molecule has 0 saturated carbocycles. The second kappa shape index (κ2) is 4.34. The summed E-state index contributed by atoms with van der Waals surface area (Å²) in [6.07, 6.45) is -5.11. The van der Waals surface area contributed by atoms with Crippen LogP contribution in [-0.2, 0) is 6.54 Å². The first-order chi connectivity index (χ1) is 7.88. The number of hydrogen-bond acceptors (Lipinski definition) is 1. The molecule has 0 radical (unpaired) electrons. The highest BCUT2D eigenvalue weighted by atomic mass is 35.5. The van der Waals surface area contributed by atoms with Crippen molar-refractivity contribution in [3.8, 4) is 0 Å². The van der Waals surface area contributed by atoms with Crippen molar-refractivity contribution in [1.29, 1.82) is 0 Å². The van der Waals surface area contributed by atoms with Gasteiger partial charge in [-0.1, -0.05) is 17.7 Å². The highest BCUT2D eigenvalue weighted by molar-refractivity contribution is 7.71. The number of alkyl halides is 3. The van der Waals surface area contributed by atoms with Crippen molar-refractivity contribution in [3.05, 3.63) is 28.0 Å². The second-order valence-corrected chi connectivity index (χ2v) is 4.37. The molecular formula is C10H8ClF3N2S. The van der Waals surface area contributed by atoms with Gasteiger partial charge in [0, 0.05) is 6.54 Å². The Morgan fingerprint density at radius 2 is 2.06 bits per heavy atom. The number of para-hydroxylation sites is 1. The van der Waals surface area contributed by atoms with Crippen LogP contribution in [0.2, 0.25) is 5.02 Å². The number of aryl methyl sites for hydroxylation is 1. The third-order valence-electron chi connectivity index (χ3n) is 2.38. The Labute approximate surface area is 105 Å². The van der Waals surface area contributed by atoms with Crippen molar-refractivity contribution < 1.29 is 13.2 Å². The van der Waals surface area contributed by atoms with Gasteiger partial charge in [-0.3, -0.25) is 0 Å². The highest BCUT2D eigenvalue weighted by Crippen LogP contribution is 2.25. The van der Waals surface area contributed by atoms with Crippen LogP contribution in [0.1, 0.15) is 6.42 Å². The highest BCUT2D eigenvalue weighted by Gasteiger charge is 2.27. The maximum absolute atomic E-state index is 12.2. The Balaban J connectivity index is 2.44. The lowest BCUT2D eigenvalue weighted by Gasteiger charge is -2.07. The number of nitrogens with zero attached hydrogens (tertiary/aromatic N) is 1. The van der Waals surface area contributed by atoms with E-state index in [0.29, 0.717) is 16.1 Å². The number of benzene rings is 1. The minimum Gasteiger partial charge on any atom is -0.329 e. The van der Waals surface area contributed by atoms with E-state index in [1.54, 1.807) is 18.2 Å². The van der Waals surface area contributed by atoms with Gasteiger partial charge in [0.25, 0.3) is 0 Å². The first-order valence-corrected chi connectivity index (χ1v) is 5.61. The van der Waals surface area contributed by atoms with Crippen LogP contribution in [0.3, 0.4) is 0 Å². The summed E-state index contributed by atoms with van der Waals surface area (Å²) >= 11 is 10.9. The molecule has 2 aromatic rings. The van der Waals surface area contributed by atoms with Gasteiger partial charge in [0.15, 0.2) is 4.77 Å². The molecule has 0 aliphatic heterocycles. The summed E-state index contributed by atoms with van der Waals surface area (Å²) in [5.41, 5.74) is 1.16. The third kappa shape index (κ3) is 2.63.